The molecule has 2 N–H and O–H groups in total. The number of benzene rings is 2. The zero-order chi connectivity index (χ0) is 16.2. The Bertz CT molecular complexity index is 779. The lowest BCUT2D eigenvalue weighted by Gasteiger charge is -2.05. The van der Waals surface area contributed by atoms with Crippen LogP contribution in [0.3, 0.4) is 0 Å². The van der Waals surface area contributed by atoms with E-state index >= 15 is 0 Å². The van der Waals surface area contributed by atoms with E-state index < -0.39 is 0 Å². The summed E-state index contributed by atoms with van der Waals surface area (Å²) in [6, 6.07) is 16.6. The van der Waals surface area contributed by atoms with E-state index in [2.05, 4.69) is 47.6 Å². The Morgan fingerprint density at radius 1 is 1.00 bits per heavy atom. The van der Waals surface area contributed by atoms with Crippen molar-refractivity contribution in [2.24, 2.45) is 0 Å². The highest BCUT2D eigenvalue weighted by molar-refractivity contribution is 7.98. The predicted octanol–water partition coefficient (Wildman–Crippen LogP) is 3.98. The van der Waals surface area contributed by atoms with Crippen LogP contribution in [0.2, 0.25) is 0 Å². The van der Waals surface area contributed by atoms with Crippen LogP contribution >= 0.6 is 23.5 Å². The number of nitrogen functional groups attached to an aromatic ring is 1. The van der Waals surface area contributed by atoms with E-state index in [1.807, 2.05) is 24.3 Å². The maximum Gasteiger partial charge on any atom is 0.210 e. The molecule has 23 heavy (non-hydrogen) atoms. The van der Waals surface area contributed by atoms with Gasteiger partial charge < -0.3 is 5.84 Å². The quantitative estimate of drug-likeness (QED) is 0.561. The van der Waals surface area contributed by atoms with Crippen molar-refractivity contribution in [2.75, 3.05) is 12.1 Å². The van der Waals surface area contributed by atoms with Crippen LogP contribution in [0.15, 0.2) is 58.6 Å². The fraction of sp³-hybridized carbons (Fsp3) is 0.176. The molecular weight excluding hydrogens is 324 g/mol. The van der Waals surface area contributed by atoms with Crippen LogP contribution in [0.4, 0.5) is 0 Å². The fourth-order valence-corrected chi connectivity index (χ4v) is 3.37. The number of thioether (sulfide) groups is 2. The van der Waals surface area contributed by atoms with Crippen molar-refractivity contribution in [3.05, 3.63) is 59.7 Å². The molecule has 2 aromatic carbocycles. The molecule has 3 rings (SSSR count). The first-order valence-corrected chi connectivity index (χ1v) is 9.41. The third-order valence-corrected chi connectivity index (χ3v) is 5.26. The van der Waals surface area contributed by atoms with Crippen molar-refractivity contribution < 1.29 is 0 Å². The predicted molar refractivity (Wildman–Crippen MR) is 98.1 cm³/mol. The van der Waals surface area contributed by atoms with Crippen LogP contribution in [0.25, 0.3) is 11.4 Å². The molecule has 1 heterocycles. The van der Waals surface area contributed by atoms with Gasteiger partial charge in [-0.25, -0.2) is 4.68 Å². The van der Waals surface area contributed by atoms with Crippen LogP contribution in [0.5, 0.6) is 0 Å². The van der Waals surface area contributed by atoms with Gasteiger partial charge in [-0.2, -0.15) is 0 Å². The summed E-state index contributed by atoms with van der Waals surface area (Å²) in [7, 11) is 0. The fourth-order valence-electron chi connectivity index (χ4n) is 2.14. The summed E-state index contributed by atoms with van der Waals surface area (Å²) in [5.74, 6) is 7.65. The smallest absolute Gasteiger partial charge is 0.210 e. The minimum Gasteiger partial charge on any atom is -0.335 e. The molecule has 0 unspecified atom stereocenters. The molecule has 0 bridgehead atoms. The number of hydrogen-bond acceptors (Lipinski definition) is 5. The van der Waals surface area contributed by atoms with Crippen molar-refractivity contribution in [1.29, 1.82) is 0 Å². The lowest BCUT2D eigenvalue weighted by atomic mass is 10.1. The van der Waals surface area contributed by atoms with E-state index in [0.29, 0.717) is 5.82 Å². The third kappa shape index (κ3) is 3.71. The minimum atomic E-state index is 0.685. The zero-order valence-corrected chi connectivity index (χ0v) is 14.7. The SMILES string of the molecule is CSc1ccc(CSc2nnc(-c3ccc(C)cc3)n2N)cc1. The van der Waals surface area contributed by atoms with Gasteiger partial charge in [-0.05, 0) is 30.9 Å². The van der Waals surface area contributed by atoms with Crippen molar-refractivity contribution in [3.8, 4) is 11.4 Å². The monoisotopic (exact) mass is 342 g/mol. The second-order valence-corrected chi connectivity index (χ2v) is 7.00. The van der Waals surface area contributed by atoms with E-state index in [9.17, 15) is 0 Å². The first-order chi connectivity index (χ1) is 11.2. The van der Waals surface area contributed by atoms with Gasteiger partial charge in [0.2, 0.25) is 5.16 Å². The summed E-state index contributed by atoms with van der Waals surface area (Å²) in [4.78, 5) is 1.27. The molecule has 118 valence electrons. The molecule has 3 aromatic rings. The Balaban J connectivity index is 1.72. The Kier molecular flexibility index (Phi) is 4.93. The van der Waals surface area contributed by atoms with Gasteiger partial charge in [0.15, 0.2) is 5.82 Å². The number of hydrogen-bond donors (Lipinski definition) is 1. The first kappa shape index (κ1) is 16.0. The van der Waals surface area contributed by atoms with Crippen LogP contribution in [-0.2, 0) is 5.75 Å². The van der Waals surface area contributed by atoms with Gasteiger partial charge in [0, 0.05) is 16.2 Å². The highest BCUT2D eigenvalue weighted by Crippen LogP contribution is 2.25. The minimum absolute atomic E-state index is 0.685. The van der Waals surface area contributed by atoms with Crippen LogP contribution in [0.1, 0.15) is 11.1 Å². The second-order valence-electron chi connectivity index (χ2n) is 5.18. The number of nitrogens with two attached hydrogens (primary N) is 1. The number of aromatic nitrogens is 3. The van der Waals surface area contributed by atoms with Crippen molar-refractivity contribution in [1.82, 2.24) is 14.9 Å². The Labute approximate surface area is 144 Å². The Hall–Kier alpha value is -1.92. The Morgan fingerprint density at radius 2 is 1.70 bits per heavy atom. The van der Waals surface area contributed by atoms with Crippen LogP contribution < -0.4 is 5.84 Å². The number of nitrogens with zero attached hydrogens (tertiary/aromatic N) is 3. The van der Waals surface area contributed by atoms with Crippen molar-refractivity contribution >= 4 is 23.5 Å². The van der Waals surface area contributed by atoms with E-state index in [-0.39, 0.29) is 0 Å². The maximum absolute atomic E-state index is 6.15. The summed E-state index contributed by atoms with van der Waals surface area (Å²) in [6.45, 7) is 2.06. The van der Waals surface area contributed by atoms with Gasteiger partial charge in [0.25, 0.3) is 0 Å². The van der Waals surface area contributed by atoms with Gasteiger partial charge in [-0.3, -0.25) is 0 Å². The average molecular weight is 342 g/mol. The summed E-state index contributed by atoms with van der Waals surface area (Å²) in [6.07, 6.45) is 2.08. The second kappa shape index (κ2) is 7.10. The molecule has 6 heteroatoms. The summed E-state index contributed by atoms with van der Waals surface area (Å²) in [5, 5.41) is 9.15. The summed E-state index contributed by atoms with van der Waals surface area (Å²) < 4.78 is 1.56. The van der Waals surface area contributed by atoms with E-state index in [0.717, 1.165) is 16.5 Å². The molecule has 0 radical (unpaired) electrons. The molecule has 0 saturated carbocycles. The molecule has 1 aromatic heterocycles. The number of rotatable bonds is 5. The first-order valence-electron chi connectivity index (χ1n) is 7.20. The highest BCUT2D eigenvalue weighted by Gasteiger charge is 2.12. The lowest BCUT2D eigenvalue weighted by Crippen LogP contribution is -2.11. The van der Waals surface area contributed by atoms with Crippen molar-refractivity contribution in [3.63, 3.8) is 0 Å². The summed E-state index contributed by atoms with van der Waals surface area (Å²) in [5.41, 5.74) is 3.43. The lowest BCUT2D eigenvalue weighted by molar-refractivity contribution is 0.849. The molecular formula is C17H18N4S2. The molecule has 4 nitrogen and oxygen atoms in total. The topological polar surface area (TPSA) is 56.7 Å². The average Bonchev–Trinajstić information content (AvgIpc) is 2.95. The molecule has 0 atom stereocenters. The summed E-state index contributed by atoms with van der Waals surface area (Å²) >= 11 is 3.33. The highest BCUT2D eigenvalue weighted by atomic mass is 32.2. The van der Waals surface area contributed by atoms with Gasteiger partial charge >= 0.3 is 0 Å². The third-order valence-electron chi connectivity index (χ3n) is 3.50. The van der Waals surface area contributed by atoms with E-state index in [1.165, 1.54) is 16.0 Å². The number of aryl methyl sites for hydroxylation is 1. The van der Waals surface area contributed by atoms with Gasteiger partial charge in [-0.15, -0.1) is 22.0 Å². The molecule has 0 amide bonds. The Morgan fingerprint density at radius 3 is 2.35 bits per heavy atom. The molecule has 0 spiro atoms. The van der Waals surface area contributed by atoms with E-state index in [1.54, 1.807) is 28.2 Å². The van der Waals surface area contributed by atoms with Crippen molar-refractivity contribution in [2.45, 2.75) is 22.7 Å². The zero-order valence-electron chi connectivity index (χ0n) is 13.1. The molecule has 0 saturated heterocycles. The standard InChI is InChI=1S/C17H18N4S2/c1-12-3-7-14(8-4-12)16-19-20-17(21(16)18)23-11-13-5-9-15(22-2)10-6-13/h3-10H,11,18H2,1-2H3. The molecule has 0 aliphatic carbocycles. The maximum atomic E-state index is 6.15. The van der Waals surface area contributed by atoms with Crippen LogP contribution in [0, 0.1) is 6.92 Å². The van der Waals surface area contributed by atoms with E-state index in [4.69, 9.17) is 5.84 Å². The normalized spacial score (nSPS) is 10.9. The molecule has 0 aliphatic rings. The van der Waals surface area contributed by atoms with Gasteiger partial charge in [-0.1, -0.05) is 53.7 Å². The van der Waals surface area contributed by atoms with Crippen LogP contribution in [-0.4, -0.2) is 21.1 Å². The largest absolute Gasteiger partial charge is 0.335 e. The molecule has 0 fully saturated rings. The van der Waals surface area contributed by atoms with Gasteiger partial charge in [0.05, 0.1) is 0 Å². The molecule has 0 aliphatic heterocycles. The van der Waals surface area contributed by atoms with Gasteiger partial charge in [0.1, 0.15) is 0 Å².